The number of methoxy groups -OCH3 is 2. The van der Waals surface area contributed by atoms with E-state index in [2.05, 4.69) is 15.5 Å². The van der Waals surface area contributed by atoms with Gasteiger partial charge in [0.05, 0.1) is 14.2 Å². The maximum Gasteiger partial charge on any atom is 0.323 e. The summed E-state index contributed by atoms with van der Waals surface area (Å²) in [6, 6.07) is 12.8. The quantitative estimate of drug-likeness (QED) is 0.864. The molecule has 1 saturated heterocycles. The maximum atomic E-state index is 12.2. The Hall–Kier alpha value is -2.89. The lowest BCUT2D eigenvalue weighted by molar-refractivity contribution is 0.262. The molecular formula is C19H23N3O3. The van der Waals surface area contributed by atoms with Gasteiger partial charge in [-0.2, -0.15) is 0 Å². The third kappa shape index (κ3) is 4.15. The highest BCUT2D eigenvalue weighted by molar-refractivity contribution is 6.00. The fourth-order valence-corrected chi connectivity index (χ4v) is 2.94. The van der Waals surface area contributed by atoms with Gasteiger partial charge in [0, 0.05) is 36.2 Å². The molecule has 0 aliphatic carbocycles. The lowest BCUT2D eigenvalue weighted by Gasteiger charge is -2.18. The van der Waals surface area contributed by atoms with Gasteiger partial charge in [0.2, 0.25) is 0 Å². The smallest absolute Gasteiger partial charge is 0.323 e. The molecule has 25 heavy (non-hydrogen) atoms. The second-order valence-corrected chi connectivity index (χ2v) is 5.89. The van der Waals surface area contributed by atoms with E-state index < -0.39 is 0 Å². The van der Waals surface area contributed by atoms with Crippen LogP contribution in [0.4, 0.5) is 21.9 Å². The molecule has 2 N–H and O–H groups in total. The molecule has 0 spiro atoms. The minimum Gasteiger partial charge on any atom is -0.493 e. The van der Waals surface area contributed by atoms with E-state index in [0.29, 0.717) is 17.2 Å². The SMILES string of the molecule is COc1ccc(NC(=O)Nc2ccc(N3CCCC3)cc2)cc1OC. The Morgan fingerprint density at radius 2 is 1.48 bits per heavy atom. The van der Waals surface area contributed by atoms with Gasteiger partial charge in [-0.15, -0.1) is 0 Å². The molecule has 3 rings (SSSR count). The summed E-state index contributed by atoms with van der Waals surface area (Å²) in [7, 11) is 3.13. The Labute approximate surface area is 147 Å². The van der Waals surface area contributed by atoms with Crippen LogP contribution >= 0.6 is 0 Å². The molecule has 2 aromatic rings. The van der Waals surface area contributed by atoms with Crippen molar-refractivity contribution in [2.75, 3.05) is 42.8 Å². The van der Waals surface area contributed by atoms with Crippen molar-refractivity contribution in [1.82, 2.24) is 0 Å². The highest BCUT2D eigenvalue weighted by Gasteiger charge is 2.12. The molecule has 2 aromatic carbocycles. The van der Waals surface area contributed by atoms with Gasteiger partial charge in [-0.1, -0.05) is 0 Å². The minimum absolute atomic E-state index is 0.304. The van der Waals surface area contributed by atoms with Gasteiger partial charge < -0.3 is 25.0 Å². The molecule has 1 heterocycles. The molecular weight excluding hydrogens is 318 g/mol. The van der Waals surface area contributed by atoms with Crippen molar-refractivity contribution in [2.45, 2.75) is 12.8 Å². The third-order valence-corrected chi connectivity index (χ3v) is 4.24. The second-order valence-electron chi connectivity index (χ2n) is 5.89. The largest absolute Gasteiger partial charge is 0.493 e. The van der Waals surface area contributed by atoms with Crippen LogP contribution in [-0.4, -0.2) is 33.3 Å². The minimum atomic E-state index is -0.304. The molecule has 2 amide bonds. The van der Waals surface area contributed by atoms with E-state index >= 15 is 0 Å². The van der Waals surface area contributed by atoms with E-state index in [1.807, 2.05) is 24.3 Å². The average molecular weight is 341 g/mol. The number of nitrogens with one attached hydrogen (secondary N) is 2. The van der Waals surface area contributed by atoms with Crippen LogP contribution < -0.4 is 25.0 Å². The Balaban J connectivity index is 1.60. The topological polar surface area (TPSA) is 62.8 Å². The number of carbonyl (C=O) groups excluding carboxylic acids is 1. The van der Waals surface area contributed by atoms with Gasteiger partial charge in [0.1, 0.15) is 0 Å². The summed E-state index contributed by atoms with van der Waals surface area (Å²) in [5, 5.41) is 5.62. The molecule has 0 unspecified atom stereocenters. The van der Waals surface area contributed by atoms with Crippen molar-refractivity contribution in [2.24, 2.45) is 0 Å². The number of hydrogen-bond acceptors (Lipinski definition) is 4. The van der Waals surface area contributed by atoms with Crippen LogP contribution in [0.25, 0.3) is 0 Å². The fourth-order valence-electron chi connectivity index (χ4n) is 2.94. The summed E-state index contributed by atoms with van der Waals surface area (Å²) in [4.78, 5) is 14.5. The number of hydrogen-bond donors (Lipinski definition) is 2. The molecule has 6 nitrogen and oxygen atoms in total. The second kappa shape index (κ2) is 7.79. The van der Waals surface area contributed by atoms with Crippen LogP contribution in [0.1, 0.15) is 12.8 Å². The van der Waals surface area contributed by atoms with Crippen LogP contribution in [-0.2, 0) is 0 Å². The Bertz CT molecular complexity index is 725. The number of anilines is 3. The Morgan fingerprint density at radius 3 is 2.12 bits per heavy atom. The van der Waals surface area contributed by atoms with Gasteiger partial charge in [-0.25, -0.2) is 4.79 Å². The zero-order valence-electron chi connectivity index (χ0n) is 14.5. The van der Waals surface area contributed by atoms with Gasteiger partial charge in [-0.3, -0.25) is 0 Å². The highest BCUT2D eigenvalue weighted by Crippen LogP contribution is 2.29. The molecule has 0 radical (unpaired) electrons. The number of rotatable bonds is 5. The number of amides is 2. The summed E-state index contributed by atoms with van der Waals surface area (Å²) in [5.74, 6) is 1.18. The number of carbonyl (C=O) groups is 1. The van der Waals surface area contributed by atoms with Gasteiger partial charge in [0.25, 0.3) is 0 Å². The molecule has 1 aliphatic rings. The molecule has 132 valence electrons. The van der Waals surface area contributed by atoms with Crippen LogP contribution in [0.3, 0.4) is 0 Å². The predicted octanol–water partition coefficient (Wildman–Crippen LogP) is 3.95. The van der Waals surface area contributed by atoms with Crippen molar-refractivity contribution in [3.8, 4) is 11.5 Å². The van der Waals surface area contributed by atoms with Crippen molar-refractivity contribution >= 4 is 23.1 Å². The zero-order chi connectivity index (χ0) is 17.6. The van der Waals surface area contributed by atoms with E-state index in [4.69, 9.17) is 9.47 Å². The van der Waals surface area contributed by atoms with E-state index in [1.54, 1.807) is 32.4 Å². The summed E-state index contributed by atoms with van der Waals surface area (Å²) >= 11 is 0. The Kier molecular flexibility index (Phi) is 5.28. The monoisotopic (exact) mass is 341 g/mol. The zero-order valence-corrected chi connectivity index (χ0v) is 14.5. The van der Waals surface area contributed by atoms with E-state index in [-0.39, 0.29) is 6.03 Å². The summed E-state index contributed by atoms with van der Waals surface area (Å²) < 4.78 is 10.4. The van der Waals surface area contributed by atoms with Crippen molar-refractivity contribution in [1.29, 1.82) is 0 Å². The van der Waals surface area contributed by atoms with E-state index in [1.165, 1.54) is 18.5 Å². The molecule has 0 saturated carbocycles. The Morgan fingerprint density at radius 1 is 0.880 bits per heavy atom. The highest BCUT2D eigenvalue weighted by atomic mass is 16.5. The van der Waals surface area contributed by atoms with Crippen molar-refractivity contribution in [3.63, 3.8) is 0 Å². The lowest BCUT2D eigenvalue weighted by atomic mass is 10.2. The van der Waals surface area contributed by atoms with E-state index in [0.717, 1.165) is 18.8 Å². The summed E-state index contributed by atoms with van der Waals surface area (Å²) in [6.07, 6.45) is 2.49. The fraction of sp³-hybridized carbons (Fsp3) is 0.316. The van der Waals surface area contributed by atoms with Crippen LogP contribution in [0, 0.1) is 0 Å². The molecule has 0 atom stereocenters. The number of ether oxygens (including phenoxy) is 2. The normalized spacial score (nSPS) is 13.4. The summed E-state index contributed by atoms with van der Waals surface area (Å²) in [5.41, 5.74) is 2.58. The molecule has 1 aliphatic heterocycles. The average Bonchev–Trinajstić information content (AvgIpc) is 3.17. The predicted molar refractivity (Wildman–Crippen MR) is 100 cm³/mol. The van der Waals surface area contributed by atoms with Crippen molar-refractivity contribution in [3.05, 3.63) is 42.5 Å². The summed E-state index contributed by atoms with van der Waals surface area (Å²) in [6.45, 7) is 2.21. The van der Waals surface area contributed by atoms with Gasteiger partial charge in [-0.05, 0) is 49.2 Å². The van der Waals surface area contributed by atoms with Crippen LogP contribution in [0.2, 0.25) is 0 Å². The number of urea groups is 1. The molecule has 0 aromatic heterocycles. The first-order valence-electron chi connectivity index (χ1n) is 8.34. The molecule has 1 fully saturated rings. The van der Waals surface area contributed by atoms with Crippen LogP contribution in [0.15, 0.2) is 42.5 Å². The first kappa shape index (κ1) is 17.0. The molecule has 6 heteroatoms. The van der Waals surface area contributed by atoms with Gasteiger partial charge >= 0.3 is 6.03 Å². The lowest BCUT2D eigenvalue weighted by Crippen LogP contribution is -2.20. The number of nitrogens with zero attached hydrogens (tertiary/aromatic N) is 1. The van der Waals surface area contributed by atoms with Gasteiger partial charge in [0.15, 0.2) is 11.5 Å². The van der Waals surface area contributed by atoms with Crippen molar-refractivity contribution < 1.29 is 14.3 Å². The maximum absolute atomic E-state index is 12.2. The molecule has 0 bridgehead atoms. The standard InChI is InChI=1S/C19H23N3O3/c1-24-17-10-7-15(13-18(17)25-2)21-19(23)20-14-5-8-16(9-6-14)22-11-3-4-12-22/h5-10,13H,3-4,11-12H2,1-2H3,(H2,20,21,23). The number of benzene rings is 2. The van der Waals surface area contributed by atoms with Crippen LogP contribution in [0.5, 0.6) is 11.5 Å². The first-order valence-corrected chi connectivity index (χ1v) is 8.34. The third-order valence-electron chi connectivity index (χ3n) is 4.24. The first-order chi connectivity index (χ1) is 12.2. The van der Waals surface area contributed by atoms with E-state index in [9.17, 15) is 4.79 Å².